The molecule has 188 valence electrons. The Hall–Kier alpha value is -3.35. The normalized spacial score (nSPS) is 14.1. The number of carbonyl (C=O) groups excluding carboxylic acids is 2. The predicted octanol–water partition coefficient (Wildman–Crippen LogP) is 4.95. The lowest BCUT2D eigenvalue weighted by molar-refractivity contribution is -0.137. The van der Waals surface area contributed by atoms with Gasteiger partial charge in [0.05, 0.1) is 6.42 Å². The number of rotatable bonds is 12. The fourth-order valence-electron chi connectivity index (χ4n) is 4.84. The topological polar surface area (TPSA) is 105 Å². The van der Waals surface area contributed by atoms with Crippen molar-refractivity contribution >= 4 is 18.0 Å². The van der Waals surface area contributed by atoms with Gasteiger partial charge in [0.25, 0.3) is 0 Å². The highest BCUT2D eigenvalue weighted by Gasteiger charge is 2.29. The Morgan fingerprint density at radius 2 is 1.57 bits per heavy atom. The quantitative estimate of drug-likeness (QED) is 0.399. The minimum atomic E-state index is -0.937. The van der Waals surface area contributed by atoms with Crippen LogP contribution in [-0.4, -0.2) is 42.3 Å². The van der Waals surface area contributed by atoms with Crippen molar-refractivity contribution in [2.24, 2.45) is 11.8 Å². The van der Waals surface area contributed by atoms with Gasteiger partial charge in [-0.2, -0.15) is 0 Å². The van der Waals surface area contributed by atoms with Gasteiger partial charge >= 0.3 is 12.1 Å². The molecule has 0 saturated carbocycles. The van der Waals surface area contributed by atoms with Crippen LogP contribution in [0, 0.1) is 11.8 Å². The van der Waals surface area contributed by atoms with E-state index in [2.05, 4.69) is 48.7 Å². The molecular weight excluding hydrogens is 444 g/mol. The van der Waals surface area contributed by atoms with Gasteiger partial charge in [-0.3, -0.25) is 9.59 Å². The third kappa shape index (κ3) is 7.31. The molecule has 0 heterocycles. The third-order valence-electron chi connectivity index (χ3n) is 6.44. The van der Waals surface area contributed by atoms with E-state index in [4.69, 9.17) is 9.84 Å². The second-order valence-electron chi connectivity index (χ2n) is 9.68. The Labute approximate surface area is 207 Å². The maximum absolute atomic E-state index is 12.5. The van der Waals surface area contributed by atoms with Gasteiger partial charge in [0, 0.05) is 24.9 Å². The Bertz CT molecular complexity index is 990. The molecule has 0 aliphatic heterocycles. The number of carboxylic acids is 1. The number of fused-ring (bicyclic) bond motifs is 3. The summed E-state index contributed by atoms with van der Waals surface area (Å²) in [6, 6.07) is 16.0. The van der Waals surface area contributed by atoms with Crippen molar-refractivity contribution in [3.63, 3.8) is 0 Å². The largest absolute Gasteiger partial charge is 0.481 e. The number of hydrogen-bond acceptors (Lipinski definition) is 4. The molecule has 7 heteroatoms. The first kappa shape index (κ1) is 26.3. The second kappa shape index (κ2) is 12.4. The molecule has 7 nitrogen and oxygen atoms in total. The molecule has 2 amide bonds. The first-order valence-electron chi connectivity index (χ1n) is 12.4. The maximum atomic E-state index is 12.5. The van der Waals surface area contributed by atoms with Crippen molar-refractivity contribution in [3.8, 4) is 11.1 Å². The monoisotopic (exact) mass is 480 g/mol. The highest BCUT2D eigenvalue weighted by molar-refractivity contribution is 5.79. The van der Waals surface area contributed by atoms with Gasteiger partial charge in [-0.05, 0) is 46.9 Å². The first-order chi connectivity index (χ1) is 16.8. The number of carbonyl (C=O) groups is 3. The van der Waals surface area contributed by atoms with Crippen LogP contribution >= 0.6 is 0 Å². The molecule has 2 atom stereocenters. The molecule has 2 unspecified atom stereocenters. The van der Waals surface area contributed by atoms with E-state index in [0.29, 0.717) is 18.9 Å². The summed E-state index contributed by atoms with van der Waals surface area (Å²) in [5, 5.41) is 14.6. The molecule has 3 N–H and O–H groups in total. The first-order valence-corrected chi connectivity index (χ1v) is 12.4. The molecule has 1 aliphatic carbocycles. The van der Waals surface area contributed by atoms with Gasteiger partial charge in [-0.1, -0.05) is 69.3 Å². The van der Waals surface area contributed by atoms with Crippen LogP contribution in [0.5, 0.6) is 0 Å². The van der Waals surface area contributed by atoms with Crippen molar-refractivity contribution in [1.29, 1.82) is 0 Å². The third-order valence-corrected chi connectivity index (χ3v) is 6.44. The van der Waals surface area contributed by atoms with Crippen LogP contribution in [0.25, 0.3) is 11.1 Å². The Morgan fingerprint density at radius 1 is 0.971 bits per heavy atom. The summed E-state index contributed by atoms with van der Waals surface area (Å²) in [4.78, 5) is 36.0. The Kier molecular flexibility index (Phi) is 9.29. The van der Waals surface area contributed by atoms with Crippen LogP contribution < -0.4 is 10.6 Å². The van der Waals surface area contributed by atoms with E-state index in [-0.39, 0.29) is 37.2 Å². The van der Waals surface area contributed by atoms with Crippen molar-refractivity contribution in [2.75, 3.05) is 13.2 Å². The summed E-state index contributed by atoms with van der Waals surface area (Å²) >= 11 is 0. The Morgan fingerprint density at radius 3 is 2.11 bits per heavy atom. The zero-order chi connectivity index (χ0) is 25.4. The molecule has 3 rings (SSSR count). The van der Waals surface area contributed by atoms with Gasteiger partial charge in [0.2, 0.25) is 5.91 Å². The molecular formula is C28H36N2O5. The lowest BCUT2D eigenvalue weighted by Gasteiger charge is -2.21. The molecule has 0 fully saturated rings. The molecule has 2 aromatic carbocycles. The molecule has 1 aliphatic rings. The van der Waals surface area contributed by atoms with Crippen molar-refractivity contribution in [1.82, 2.24) is 10.6 Å². The molecule has 0 bridgehead atoms. The van der Waals surface area contributed by atoms with Crippen LogP contribution in [0.3, 0.4) is 0 Å². The van der Waals surface area contributed by atoms with E-state index in [1.165, 1.54) is 11.1 Å². The van der Waals surface area contributed by atoms with Gasteiger partial charge in [0.1, 0.15) is 6.61 Å². The molecule has 0 aromatic heterocycles. The average Bonchev–Trinajstić information content (AvgIpc) is 3.14. The van der Waals surface area contributed by atoms with Crippen LogP contribution in [0.1, 0.15) is 63.5 Å². The van der Waals surface area contributed by atoms with Crippen molar-refractivity contribution in [3.05, 3.63) is 59.7 Å². The SMILES string of the molecule is CCC(CC(=O)O)NC(=O)CC(CNC(=O)OCC1c2ccccc2-c2ccccc21)CC(C)C. The number of ether oxygens (including phenoxy) is 1. The molecule has 0 saturated heterocycles. The average molecular weight is 481 g/mol. The highest BCUT2D eigenvalue weighted by Crippen LogP contribution is 2.44. The number of alkyl carbamates (subject to hydrolysis) is 1. The second-order valence-corrected chi connectivity index (χ2v) is 9.68. The number of carboxylic acid groups (broad SMARTS) is 1. The summed E-state index contributed by atoms with van der Waals surface area (Å²) in [6.07, 6.45) is 0.920. The molecule has 2 aromatic rings. The van der Waals surface area contributed by atoms with E-state index >= 15 is 0 Å². The van der Waals surface area contributed by atoms with Gasteiger partial charge in [0.15, 0.2) is 0 Å². The van der Waals surface area contributed by atoms with E-state index in [9.17, 15) is 14.4 Å². The number of amides is 2. The van der Waals surface area contributed by atoms with Gasteiger partial charge in [-0.15, -0.1) is 0 Å². The zero-order valence-electron chi connectivity index (χ0n) is 20.8. The van der Waals surface area contributed by atoms with E-state index in [1.807, 2.05) is 31.2 Å². The molecule has 0 radical (unpaired) electrons. The maximum Gasteiger partial charge on any atom is 0.407 e. The summed E-state index contributed by atoms with van der Waals surface area (Å²) < 4.78 is 5.61. The summed E-state index contributed by atoms with van der Waals surface area (Å²) in [6.45, 7) is 6.54. The van der Waals surface area contributed by atoms with Crippen LogP contribution in [-0.2, 0) is 14.3 Å². The number of benzene rings is 2. The van der Waals surface area contributed by atoms with Gasteiger partial charge in [-0.25, -0.2) is 4.79 Å². The van der Waals surface area contributed by atoms with Gasteiger partial charge < -0.3 is 20.5 Å². The standard InChI is InChI=1S/C28H36N2O5/c1-4-20(15-27(32)33)30-26(31)14-19(13-18(2)3)16-29-28(34)35-17-25-23-11-7-5-9-21(23)22-10-6-8-12-24(22)25/h5-12,18-20,25H,4,13-17H2,1-3H3,(H,29,34)(H,30,31)(H,32,33). The van der Waals surface area contributed by atoms with E-state index in [1.54, 1.807) is 0 Å². The lowest BCUT2D eigenvalue weighted by Crippen LogP contribution is -2.39. The fourth-order valence-corrected chi connectivity index (χ4v) is 4.84. The van der Waals surface area contributed by atoms with E-state index < -0.39 is 18.1 Å². The molecule has 35 heavy (non-hydrogen) atoms. The minimum absolute atomic E-state index is 0.00870. The van der Waals surface area contributed by atoms with E-state index in [0.717, 1.165) is 17.5 Å². The van der Waals surface area contributed by atoms with Crippen molar-refractivity contribution < 1.29 is 24.2 Å². The van der Waals surface area contributed by atoms with Crippen LogP contribution in [0.4, 0.5) is 4.79 Å². The molecule has 0 spiro atoms. The highest BCUT2D eigenvalue weighted by atomic mass is 16.5. The summed E-state index contributed by atoms with van der Waals surface area (Å²) in [5.74, 6) is -0.868. The Balaban J connectivity index is 1.54. The van der Waals surface area contributed by atoms with Crippen LogP contribution in [0.2, 0.25) is 0 Å². The minimum Gasteiger partial charge on any atom is -0.481 e. The fraction of sp³-hybridized carbons (Fsp3) is 0.464. The number of hydrogen-bond donors (Lipinski definition) is 3. The predicted molar refractivity (Wildman–Crippen MR) is 135 cm³/mol. The summed E-state index contributed by atoms with van der Waals surface area (Å²) in [5.41, 5.74) is 4.66. The number of aliphatic carboxylic acids is 1. The lowest BCUT2D eigenvalue weighted by atomic mass is 9.93. The zero-order valence-corrected chi connectivity index (χ0v) is 20.8. The number of nitrogens with one attached hydrogen (secondary N) is 2. The van der Waals surface area contributed by atoms with Crippen molar-refractivity contribution in [2.45, 2.75) is 58.4 Å². The van der Waals surface area contributed by atoms with Crippen LogP contribution in [0.15, 0.2) is 48.5 Å². The summed E-state index contributed by atoms with van der Waals surface area (Å²) in [7, 11) is 0. The smallest absolute Gasteiger partial charge is 0.407 e.